The molecule has 2 N–H and O–H groups in total. The average Bonchev–Trinajstić information content (AvgIpc) is 2.58. The van der Waals surface area contributed by atoms with Crippen LogP contribution in [0.25, 0.3) is 0 Å². The van der Waals surface area contributed by atoms with E-state index in [1.54, 1.807) is 0 Å². The highest BCUT2D eigenvalue weighted by molar-refractivity contribution is 6.30. The third kappa shape index (κ3) is 4.23. The number of morpholine rings is 1. The fraction of sp³-hybridized carbons (Fsp3) is 0.333. The van der Waals surface area contributed by atoms with E-state index in [1.165, 1.54) is 11.1 Å². The molecule has 1 heterocycles. The molecule has 1 atom stereocenters. The summed E-state index contributed by atoms with van der Waals surface area (Å²) in [5.74, 6) is 0. The van der Waals surface area contributed by atoms with Crippen molar-refractivity contribution in [1.29, 1.82) is 0 Å². The zero-order valence-corrected chi connectivity index (χ0v) is 13.3. The van der Waals surface area contributed by atoms with Crippen molar-refractivity contribution in [1.82, 2.24) is 5.32 Å². The molecule has 22 heavy (non-hydrogen) atoms. The molecule has 3 nitrogen and oxygen atoms in total. The van der Waals surface area contributed by atoms with E-state index < -0.39 is 0 Å². The third-order valence-electron chi connectivity index (χ3n) is 3.87. The van der Waals surface area contributed by atoms with Gasteiger partial charge in [-0.3, -0.25) is 0 Å². The fourth-order valence-corrected chi connectivity index (χ4v) is 2.72. The van der Waals surface area contributed by atoms with E-state index in [9.17, 15) is 0 Å². The molecular formula is C18H21ClN2O. The maximum Gasteiger partial charge on any atom is 0.0949 e. The highest BCUT2D eigenvalue weighted by Crippen LogP contribution is 2.20. The van der Waals surface area contributed by atoms with E-state index in [1.807, 2.05) is 12.1 Å². The van der Waals surface area contributed by atoms with Crippen LogP contribution in [0.2, 0.25) is 5.02 Å². The van der Waals surface area contributed by atoms with Gasteiger partial charge >= 0.3 is 0 Å². The van der Waals surface area contributed by atoms with Crippen LogP contribution in [0.1, 0.15) is 17.2 Å². The molecule has 1 saturated heterocycles. The van der Waals surface area contributed by atoms with E-state index in [2.05, 4.69) is 47.0 Å². The minimum Gasteiger partial charge on any atom is -0.385 e. The molecule has 0 amide bonds. The lowest BCUT2D eigenvalue weighted by atomic mass is 10.1. The highest BCUT2D eigenvalue weighted by atomic mass is 35.5. The number of anilines is 1. The van der Waals surface area contributed by atoms with Crippen LogP contribution in [0.5, 0.6) is 0 Å². The predicted molar refractivity (Wildman–Crippen MR) is 91.7 cm³/mol. The van der Waals surface area contributed by atoms with Crippen molar-refractivity contribution in [2.24, 2.45) is 0 Å². The summed E-state index contributed by atoms with van der Waals surface area (Å²) < 4.78 is 5.76. The van der Waals surface area contributed by atoms with E-state index in [-0.39, 0.29) is 6.10 Å². The van der Waals surface area contributed by atoms with Gasteiger partial charge in [-0.05, 0) is 41.8 Å². The van der Waals surface area contributed by atoms with Crippen molar-refractivity contribution in [2.45, 2.75) is 12.5 Å². The van der Waals surface area contributed by atoms with Gasteiger partial charge in [0.15, 0.2) is 0 Å². The van der Waals surface area contributed by atoms with Gasteiger partial charge in [0, 0.05) is 30.3 Å². The Morgan fingerprint density at radius 2 is 1.86 bits per heavy atom. The van der Waals surface area contributed by atoms with Crippen molar-refractivity contribution in [2.75, 3.05) is 31.6 Å². The van der Waals surface area contributed by atoms with Crippen LogP contribution in [0.3, 0.4) is 0 Å². The van der Waals surface area contributed by atoms with Crippen LogP contribution < -0.4 is 10.6 Å². The summed E-state index contributed by atoms with van der Waals surface area (Å²) >= 11 is 5.89. The molecular weight excluding hydrogens is 296 g/mol. The standard InChI is InChI=1S/C18H21ClN2O/c19-16-5-1-14(2-6-16)9-10-21-17-7-3-15(4-8-17)18-13-20-11-12-22-18/h1-8,18,20-21H,9-13H2. The lowest BCUT2D eigenvalue weighted by molar-refractivity contribution is 0.0277. The van der Waals surface area contributed by atoms with Crippen LogP contribution in [0, 0.1) is 0 Å². The zero-order valence-electron chi connectivity index (χ0n) is 12.5. The van der Waals surface area contributed by atoms with Gasteiger partial charge in [-0.1, -0.05) is 35.9 Å². The molecule has 116 valence electrons. The molecule has 1 aliphatic heterocycles. The largest absolute Gasteiger partial charge is 0.385 e. The average molecular weight is 317 g/mol. The smallest absolute Gasteiger partial charge is 0.0949 e. The molecule has 2 aromatic rings. The van der Waals surface area contributed by atoms with Gasteiger partial charge in [-0.25, -0.2) is 0 Å². The molecule has 0 radical (unpaired) electrons. The topological polar surface area (TPSA) is 33.3 Å². The van der Waals surface area contributed by atoms with E-state index in [0.717, 1.165) is 43.4 Å². The van der Waals surface area contributed by atoms with Gasteiger partial charge in [0.1, 0.15) is 0 Å². The monoisotopic (exact) mass is 316 g/mol. The second-order valence-corrected chi connectivity index (χ2v) is 5.93. The molecule has 3 rings (SSSR count). The summed E-state index contributed by atoms with van der Waals surface area (Å²) in [4.78, 5) is 0. The van der Waals surface area contributed by atoms with Gasteiger partial charge in [-0.15, -0.1) is 0 Å². The fourth-order valence-electron chi connectivity index (χ4n) is 2.60. The summed E-state index contributed by atoms with van der Waals surface area (Å²) in [6, 6.07) is 16.5. The summed E-state index contributed by atoms with van der Waals surface area (Å²) in [5, 5.41) is 7.59. The molecule has 0 bridgehead atoms. The lowest BCUT2D eigenvalue weighted by Gasteiger charge is -2.24. The summed E-state index contributed by atoms with van der Waals surface area (Å²) in [6.07, 6.45) is 1.16. The maximum atomic E-state index is 5.89. The number of benzene rings is 2. The number of ether oxygens (including phenoxy) is 1. The summed E-state index contributed by atoms with van der Waals surface area (Å²) in [7, 11) is 0. The van der Waals surface area contributed by atoms with E-state index >= 15 is 0 Å². The van der Waals surface area contributed by atoms with Crippen molar-refractivity contribution >= 4 is 17.3 Å². The number of hydrogen-bond donors (Lipinski definition) is 2. The Labute approximate surface area is 136 Å². The molecule has 0 spiro atoms. The molecule has 4 heteroatoms. The van der Waals surface area contributed by atoms with Gasteiger partial charge in [0.2, 0.25) is 0 Å². The minimum absolute atomic E-state index is 0.178. The number of nitrogens with one attached hydrogen (secondary N) is 2. The first kappa shape index (κ1) is 15.3. The second-order valence-electron chi connectivity index (χ2n) is 5.49. The van der Waals surface area contributed by atoms with Crippen LogP contribution in [0.15, 0.2) is 48.5 Å². The molecule has 0 saturated carbocycles. The van der Waals surface area contributed by atoms with Gasteiger partial charge < -0.3 is 15.4 Å². The molecule has 1 aliphatic rings. The number of hydrogen-bond acceptors (Lipinski definition) is 3. The Morgan fingerprint density at radius 1 is 1.09 bits per heavy atom. The first-order valence-electron chi connectivity index (χ1n) is 7.72. The lowest BCUT2D eigenvalue weighted by Crippen LogP contribution is -2.33. The quantitative estimate of drug-likeness (QED) is 0.883. The zero-order chi connectivity index (χ0) is 15.2. The van der Waals surface area contributed by atoms with Crippen LogP contribution >= 0.6 is 11.6 Å². The molecule has 1 unspecified atom stereocenters. The molecule has 0 aromatic heterocycles. The molecule has 0 aliphatic carbocycles. The number of rotatable bonds is 5. The number of halogens is 1. The maximum absolute atomic E-state index is 5.89. The van der Waals surface area contributed by atoms with Crippen molar-refractivity contribution in [3.05, 3.63) is 64.7 Å². The molecule has 1 fully saturated rings. The van der Waals surface area contributed by atoms with E-state index in [0.29, 0.717) is 0 Å². The normalized spacial score (nSPS) is 18.1. The van der Waals surface area contributed by atoms with Crippen molar-refractivity contribution < 1.29 is 4.74 Å². The Kier molecular flexibility index (Phi) is 5.33. The third-order valence-corrected chi connectivity index (χ3v) is 4.12. The van der Waals surface area contributed by atoms with Crippen molar-refractivity contribution in [3.8, 4) is 0 Å². The van der Waals surface area contributed by atoms with Crippen LogP contribution in [-0.2, 0) is 11.2 Å². The van der Waals surface area contributed by atoms with Crippen LogP contribution in [-0.4, -0.2) is 26.2 Å². The van der Waals surface area contributed by atoms with Gasteiger partial charge in [0.25, 0.3) is 0 Å². The van der Waals surface area contributed by atoms with Crippen molar-refractivity contribution in [3.63, 3.8) is 0 Å². The predicted octanol–water partition coefficient (Wildman–Crippen LogP) is 3.66. The molecule has 2 aromatic carbocycles. The van der Waals surface area contributed by atoms with E-state index in [4.69, 9.17) is 16.3 Å². The summed E-state index contributed by atoms with van der Waals surface area (Å²) in [6.45, 7) is 3.53. The second kappa shape index (κ2) is 7.63. The van der Waals surface area contributed by atoms with Gasteiger partial charge in [0.05, 0.1) is 12.7 Å². The Balaban J connectivity index is 1.49. The Bertz CT molecular complexity index is 577. The first-order chi connectivity index (χ1) is 10.8. The first-order valence-corrected chi connectivity index (χ1v) is 8.10. The van der Waals surface area contributed by atoms with Gasteiger partial charge in [-0.2, -0.15) is 0 Å². The Morgan fingerprint density at radius 3 is 2.55 bits per heavy atom. The summed E-state index contributed by atoms with van der Waals surface area (Å²) in [5.41, 5.74) is 3.66. The SMILES string of the molecule is Clc1ccc(CCNc2ccc(C3CNCCO3)cc2)cc1. The van der Waals surface area contributed by atoms with Crippen LogP contribution in [0.4, 0.5) is 5.69 Å². The Hall–Kier alpha value is -1.55. The minimum atomic E-state index is 0.178. The highest BCUT2D eigenvalue weighted by Gasteiger charge is 2.14.